The first-order chi connectivity index (χ1) is 30.0. The van der Waals surface area contributed by atoms with Crippen LogP contribution in [0.25, 0.3) is 0 Å². The molecule has 4 aromatic carbocycles. The number of methoxy groups -OCH3 is 3. The number of rotatable bonds is 19. The fourth-order valence-electron chi connectivity index (χ4n) is 7.23. The molecule has 336 valence electrons. The molecule has 15 heteroatoms. The molecule has 2 saturated heterocycles. The molecule has 6 rings (SSSR count). The Morgan fingerprint density at radius 1 is 0.500 bits per heavy atom. The minimum Gasteiger partial charge on any atom is -0.497 e. The molecule has 2 aliphatic rings. The molecule has 0 atom stereocenters. The zero-order valence-electron chi connectivity index (χ0n) is 35.9. The van der Waals surface area contributed by atoms with Crippen molar-refractivity contribution in [3.8, 4) is 28.7 Å². The lowest BCUT2D eigenvalue weighted by atomic mass is 10.1. The third-order valence-electron chi connectivity index (χ3n) is 10.9. The number of carbonyl (C=O) groups excluding carboxylic acids is 2. The summed E-state index contributed by atoms with van der Waals surface area (Å²) in [6, 6.07) is 20.3. The van der Waals surface area contributed by atoms with E-state index < -0.39 is 23.3 Å². The fourth-order valence-corrected chi connectivity index (χ4v) is 7.23. The van der Waals surface area contributed by atoms with E-state index in [2.05, 4.69) is 9.80 Å². The molecule has 11 nitrogen and oxygen atoms in total. The summed E-state index contributed by atoms with van der Waals surface area (Å²) >= 11 is 0. The standard InChI is InChI=1S/C24H30F2N2O4.C23H28F2N2O3/c1-30-22-8-6-18(16-23(22)31-2)4-3-5-24(29)28-12-10-27(11-13-28)14-15-32-21-9-7-19(25)17-20(21)26;1-29-20-8-5-18(6-9-20)3-2-4-23(28)27-13-11-26(12-14-27)15-16-30-22-10-7-19(24)17-21(22)25/h6-9,16-17H,3-5,10-15H2,1-2H3;5-10,17H,2-4,11-16H2,1H3. The highest BCUT2D eigenvalue weighted by Crippen LogP contribution is 2.28. The minimum absolute atomic E-state index is 0.0506. The molecule has 62 heavy (non-hydrogen) atoms. The molecule has 2 heterocycles. The highest BCUT2D eigenvalue weighted by atomic mass is 19.1. The second kappa shape index (κ2) is 24.8. The van der Waals surface area contributed by atoms with Crippen molar-refractivity contribution < 1.29 is 50.8 Å². The van der Waals surface area contributed by atoms with E-state index in [1.54, 1.807) is 21.3 Å². The molecule has 0 radical (unpaired) electrons. The van der Waals surface area contributed by atoms with Gasteiger partial charge in [0.2, 0.25) is 11.8 Å². The lowest BCUT2D eigenvalue weighted by Gasteiger charge is -2.34. The Morgan fingerprint density at radius 2 is 0.935 bits per heavy atom. The van der Waals surface area contributed by atoms with E-state index in [0.29, 0.717) is 76.8 Å². The molecule has 0 aromatic heterocycles. The molecular weight excluding hydrogens is 809 g/mol. The summed E-state index contributed by atoms with van der Waals surface area (Å²) in [5.74, 6) is 0.0368. The number of piperazine rings is 2. The van der Waals surface area contributed by atoms with Crippen LogP contribution < -0.4 is 23.7 Å². The first-order valence-electron chi connectivity index (χ1n) is 21.0. The molecular formula is C47H58F4N4O7. The van der Waals surface area contributed by atoms with Crippen molar-refractivity contribution in [2.75, 3.05) is 100.0 Å². The number of ether oxygens (including phenoxy) is 5. The minimum atomic E-state index is -0.700. The third kappa shape index (κ3) is 15.1. The van der Waals surface area contributed by atoms with Crippen molar-refractivity contribution in [2.24, 2.45) is 0 Å². The Balaban J connectivity index is 0.000000235. The first-order valence-corrected chi connectivity index (χ1v) is 21.0. The van der Waals surface area contributed by atoms with Crippen LogP contribution in [-0.2, 0) is 22.4 Å². The zero-order valence-corrected chi connectivity index (χ0v) is 35.9. The number of amides is 2. The molecule has 0 unspecified atom stereocenters. The van der Waals surface area contributed by atoms with Gasteiger partial charge in [-0.3, -0.25) is 19.4 Å². The summed E-state index contributed by atoms with van der Waals surface area (Å²) < 4.78 is 79.6. The SMILES string of the molecule is COc1ccc(CCCC(=O)N2CCN(CCOc3ccc(F)cc3F)CC2)cc1.COc1ccc(CCCC(=O)N2CCN(CCOc3ccc(F)cc3F)CC2)cc1OC. The van der Waals surface area contributed by atoms with Gasteiger partial charge in [-0.25, -0.2) is 17.6 Å². The summed E-state index contributed by atoms with van der Waals surface area (Å²) in [5, 5.41) is 0. The monoisotopic (exact) mass is 866 g/mol. The van der Waals surface area contributed by atoms with Gasteiger partial charge in [-0.05, 0) is 85.3 Å². The van der Waals surface area contributed by atoms with Crippen molar-refractivity contribution >= 4 is 11.8 Å². The molecule has 0 aliphatic carbocycles. The van der Waals surface area contributed by atoms with Crippen molar-refractivity contribution in [3.63, 3.8) is 0 Å². The van der Waals surface area contributed by atoms with Gasteiger partial charge in [-0.15, -0.1) is 0 Å². The number of aryl methyl sites for hydroxylation is 2. The second-order valence-corrected chi connectivity index (χ2v) is 15.0. The first kappa shape index (κ1) is 47.5. The van der Waals surface area contributed by atoms with E-state index in [1.807, 2.05) is 52.3 Å². The van der Waals surface area contributed by atoms with E-state index in [0.717, 1.165) is 75.3 Å². The van der Waals surface area contributed by atoms with Gasteiger partial charge < -0.3 is 33.5 Å². The van der Waals surface area contributed by atoms with Gasteiger partial charge in [0.1, 0.15) is 30.6 Å². The van der Waals surface area contributed by atoms with E-state index >= 15 is 0 Å². The van der Waals surface area contributed by atoms with Crippen molar-refractivity contribution in [1.82, 2.24) is 19.6 Å². The highest BCUT2D eigenvalue weighted by molar-refractivity contribution is 5.76. The summed E-state index contributed by atoms with van der Waals surface area (Å²) in [6.07, 6.45) is 4.30. The molecule has 2 aliphatic heterocycles. The average Bonchev–Trinajstić information content (AvgIpc) is 3.28. The van der Waals surface area contributed by atoms with E-state index in [1.165, 1.54) is 29.8 Å². The van der Waals surface area contributed by atoms with Gasteiger partial charge in [-0.2, -0.15) is 0 Å². The summed E-state index contributed by atoms with van der Waals surface area (Å²) in [7, 11) is 4.86. The third-order valence-corrected chi connectivity index (χ3v) is 10.9. The molecule has 2 fully saturated rings. The van der Waals surface area contributed by atoms with E-state index in [4.69, 9.17) is 23.7 Å². The van der Waals surface area contributed by atoms with Crippen LogP contribution in [0.3, 0.4) is 0 Å². The molecule has 0 spiro atoms. The van der Waals surface area contributed by atoms with Gasteiger partial charge in [-0.1, -0.05) is 18.2 Å². The van der Waals surface area contributed by atoms with Gasteiger partial charge in [0.25, 0.3) is 0 Å². The van der Waals surface area contributed by atoms with Crippen LogP contribution in [0.1, 0.15) is 36.8 Å². The number of carbonyl (C=O) groups is 2. The smallest absolute Gasteiger partial charge is 0.222 e. The number of hydrogen-bond acceptors (Lipinski definition) is 9. The summed E-state index contributed by atoms with van der Waals surface area (Å²) in [5.41, 5.74) is 2.31. The number of halogens is 4. The second-order valence-electron chi connectivity index (χ2n) is 15.0. The van der Waals surface area contributed by atoms with Gasteiger partial charge in [0, 0.05) is 90.4 Å². The number of nitrogens with zero attached hydrogens (tertiary/aromatic N) is 4. The van der Waals surface area contributed by atoms with Gasteiger partial charge >= 0.3 is 0 Å². The van der Waals surface area contributed by atoms with Gasteiger partial charge in [0.15, 0.2) is 34.6 Å². The van der Waals surface area contributed by atoms with Crippen LogP contribution in [0.15, 0.2) is 78.9 Å². The van der Waals surface area contributed by atoms with Crippen LogP contribution in [0.2, 0.25) is 0 Å². The van der Waals surface area contributed by atoms with Crippen LogP contribution >= 0.6 is 0 Å². The maximum absolute atomic E-state index is 13.6. The number of hydrogen-bond donors (Lipinski definition) is 0. The maximum Gasteiger partial charge on any atom is 0.222 e. The van der Waals surface area contributed by atoms with Crippen LogP contribution in [0.4, 0.5) is 17.6 Å². The maximum atomic E-state index is 13.6. The van der Waals surface area contributed by atoms with E-state index in [-0.39, 0.29) is 23.3 Å². The normalized spacial score (nSPS) is 14.4. The largest absolute Gasteiger partial charge is 0.497 e. The predicted octanol–water partition coefficient (Wildman–Crippen LogP) is 7.05. The summed E-state index contributed by atoms with van der Waals surface area (Å²) in [6.45, 7) is 7.61. The Kier molecular flexibility index (Phi) is 19.0. The molecule has 2 amide bonds. The molecule has 4 aromatic rings. The Bertz CT molecular complexity index is 2010. The zero-order chi connectivity index (χ0) is 44.3. The van der Waals surface area contributed by atoms with Crippen molar-refractivity contribution in [1.29, 1.82) is 0 Å². The highest BCUT2D eigenvalue weighted by Gasteiger charge is 2.22. The van der Waals surface area contributed by atoms with Crippen LogP contribution in [0, 0.1) is 23.3 Å². The quantitative estimate of drug-likeness (QED) is 0.0921. The molecule has 0 saturated carbocycles. The number of benzene rings is 4. The summed E-state index contributed by atoms with van der Waals surface area (Å²) in [4.78, 5) is 33.2. The molecule has 0 bridgehead atoms. The predicted molar refractivity (Wildman–Crippen MR) is 228 cm³/mol. The van der Waals surface area contributed by atoms with Gasteiger partial charge in [0.05, 0.1) is 21.3 Å². The Morgan fingerprint density at radius 3 is 1.37 bits per heavy atom. The van der Waals surface area contributed by atoms with Crippen molar-refractivity contribution in [3.05, 3.63) is 113 Å². The van der Waals surface area contributed by atoms with Crippen molar-refractivity contribution in [2.45, 2.75) is 38.5 Å². The topological polar surface area (TPSA) is 93.2 Å². The Hall–Kier alpha value is -5.54. The van der Waals surface area contributed by atoms with E-state index in [9.17, 15) is 27.2 Å². The molecule has 0 N–H and O–H groups in total. The lowest BCUT2D eigenvalue weighted by molar-refractivity contribution is -0.133. The van der Waals surface area contributed by atoms with Crippen LogP contribution in [0.5, 0.6) is 28.7 Å². The fraction of sp³-hybridized carbons (Fsp3) is 0.447. The van der Waals surface area contributed by atoms with Crippen LogP contribution in [-0.4, -0.2) is 131 Å². The average molecular weight is 867 g/mol. The lowest BCUT2D eigenvalue weighted by Crippen LogP contribution is -2.49. The Labute approximate surface area is 362 Å².